The second-order valence-electron chi connectivity index (χ2n) is 4.75. The van der Waals surface area contributed by atoms with Crippen LogP contribution in [0.25, 0.3) is 0 Å². The van der Waals surface area contributed by atoms with Crippen molar-refractivity contribution in [3.63, 3.8) is 0 Å². The average Bonchev–Trinajstić information content (AvgIpc) is 3.11. The Labute approximate surface area is 95.0 Å². The molecule has 2 amide bonds. The largest absolute Gasteiger partial charge is 0.481 e. The van der Waals surface area contributed by atoms with Crippen molar-refractivity contribution >= 4 is 12.0 Å². The van der Waals surface area contributed by atoms with Crippen LogP contribution in [0.3, 0.4) is 0 Å². The van der Waals surface area contributed by atoms with E-state index in [0.717, 1.165) is 19.3 Å². The van der Waals surface area contributed by atoms with Gasteiger partial charge in [-0.05, 0) is 25.7 Å². The molecule has 0 spiro atoms. The summed E-state index contributed by atoms with van der Waals surface area (Å²) in [6.45, 7) is 1.06. The van der Waals surface area contributed by atoms with E-state index in [1.54, 1.807) is 9.80 Å². The topological polar surface area (TPSA) is 60.9 Å². The number of carbonyl (C=O) groups excluding carboxylic acids is 1. The van der Waals surface area contributed by atoms with Gasteiger partial charge in [-0.25, -0.2) is 4.79 Å². The molecular weight excluding hydrogens is 208 g/mol. The molecule has 0 aromatic carbocycles. The number of piperidine rings is 1. The van der Waals surface area contributed by atoms with E-state index in [0.29, 0.717) is 25.6 Å². The molecule has 0 bridgehead atoms. The number of nitrogens with zero attached hydrogens (tertiary/aromatic N) is 2. The van der Waals surface area contributed by atoms with Gasteiger partial charge >= 0.3 is 12.0 Å². The molecule has 1 aliphatic heterocycles. The van der Waals surface area contributed by atoms with Gasteiger partial charge in [-0.1, -0.05) is 0 Å². The van der Waals surface area contributed by atoms with Crippen LogP contribution in [0.5, 0.6) is 0 Å². The second kappa shape index (κ2) is 4.31. The highest BCUT2D eigenvalue weighted by atomic mass is 16.4. The molecule has 2 rings (SSSR count). The molecule has 1 saturated heterocycles. The maximum absolute atomic E-state index is 12.0. The molecule has 2 aliphatic rings. The molecule has 0 aromatic heterocycles. The van der Waals surface area contributed by atoms with Gasteiger partial charge in [0.05, 0.1) is 5.92 Å². The normalized spacial score (nSPS) is 25.3. The third-order valence-corrected chi connectivity index (χ3v) is 3.44. The maximum atomic E-state index is 12.0. The number of likely N-dealkylation sites (tertiary alicyclic amines) is 1. The predicted octanol–water partition coefficient (Wildman–Crippen LogP) is 0.997. The molecule has 2 fully saturated rings. The van der Waals surface area contributed by atoms with E-state index >= 15 is 0 Å². The molecule has 1 saturated carbocycles. The van der Waals surface area contributed by atoms with Gasteiger partial charge in [0.2, 0.25) is 0 Å². The second-order valence-corrected chi connectivity index (χ2v) is 4.75. The third-order valence-electron chi connectivity index (χ3n) is 3.44. The van der Waals surface area contributed by atoms with Crippen LogP contribution >= 0.6 is 0 Å². The Morgan fingerprint density at radius 1 is 1.31 bits per heavy atom. The fourth-order valence-electron chi connectivity index (χ4n) is 2.19. The van der Waals surface area contributed by atoms with Gasteiger partial charge < -0.3 is 14.9 Å². The molecule has 1 atom stereocenters. The van der Waals surface area contributed by atoms with E-state index in [-0.39, 0.29) is 11.9 Å². The fraction of sp³-hybridized carbons (Fsp3) is 0.818. The van der Waals surface area contributed by atoms with Crippen LogP contribution in [0.15, 0.2) is 0 Å². The summed E-state index contributed by atoms with van der Waals surface area (Å²) in [5.41, 5.74) is 0. The summed E-state index contributed by atoms with van der Waals surface area (Å²) in [6.07, 6.45) is 3.64. The van der Waals surface area contributed by atoms with E-state index in [1.807, 2.05) is 7.05 Å². The smallest absolute Gasteiger partial charge is 0.320 e. The standard InChI is InChI=1S/C11H18N2O3/c1-12(9-4-5-9)11(16)13-6-2-3-8(7-13)10(14)15/h8-9H,2-7H2,1H3,(H,14,15)/t8-/m1/s1. The maximum Gasteiger partial charge on any atom is 0.320 e. The summed E-state index contributed by atoms with van der Waals surface area (Å²) in [4.78, 5) is 26.3. The minimum Gasteiger partial charge on any atom is -0.481 e. The Bertz CT molecular complexity index is 302. The van der Waals surface area contributed by atoms with Crippen molar-refractivity contribution < 1.29 is 14.7 Å². The first-order valence-corrected chi connectivity index (χ1v) is 5.84. The van der Waals surface area contributed by atoms with Crippen molar-refractivity contribution in [1.82, 2.24) is 9.80 Å². The highest BCUT2D eigenvalue weighted by Crippen LogP contribution is 2.27. The van der Waals surface area contributed by atoms with Gasteiger partial charge in [0.25, 0.3) is 0 Å². The van der Waals surface area contributed by atoms with Crippen LogP contribution < -0.4 is 0 Å². The number of rotatable bonds is 2. The predicted molar refractivity (Wildman–Crippen MR) is 58.1 cm³/mol. The number of urea groups is 1. The van der Waals surface area contributed by atoms with Crippen molar-refractivity contribution in [2.45, 2.75) is 31.7 Å². The molecule has 1 aliphatic carbocycles. The van der Waals surface area contributed by atoms with Gasteiger partial charge in [0, 0.05) is 26.2 Å². The third kappa shape index (κ3) is 2.28. The molecule has 5 heteroatoms. The molecule has 5 nitrogen and oxygen atoms in total. The number of hydrogen-bond acceptors (Lipinski definition) is 2. The van der Waals surface area contributed by atoms with Crippen LogP contribution in [0.2, 0.25) is 0 Å². The van der Waals surface area contributed by atoms with Crippen LogP contribution in [0.4, 0.5) is 4.79 Å². The van der Waals surface area contributed by atoms with Gasteiger partial charge in [0.15, 0.2) is 0 Å². The van der Waals surface area contributed by atoms with E-state index < -0.39 is 5.97 Å². The zero-order chi connectivity index (χ0) is 11.7. The summed E-state index contributed by atoms with van der Waals surface area (Å²) in [6, 6.07) is 0.381. The van der Waals surface area contributed by atoms with Crippen LogP contribution in [0, 0.1) is 5.92 Å². The number of carboxylic acids is 1. The van der Waals surface area contributed by atoms with E-state index in [4.69, 9.17) is 5.11 Å². The number of aliphatic carboxylic acids is 1. The average molecular weight is 226 g/mol. The zero-order valence-electron chi connectivity index (χ0n) is 9.56. The lowest BCUT2D eigenvalue weighted by Gasteiger charge is -2.33. The van der Waals surface area contributed by atoms with Crippen LogP contribution in [-0.2, 0) is 4.79 Å². The molecule has 90 valence electrons. The lowest BCUT2D eigenvalue weighted by atomic mass is 9.99. The molecule has 0 aromatic rings. The number of carbonyl (C=O) groups is 2. The van der Waals surface area contributed by atoms with Gasteiger partial charge in [-0.3, -0.25) is 4.79 Å². The molecular formula is C11H18N2O3. The van der Waals surface area contributed by atoms with Crippen LogP contribution in [-0.4, -0.2) is 53.1 Å². The highest BCUT2D eigenvalue weighted by molar-refractivity contribution is 5.77. The lowest BCUT2D eigenvalue weighted by Crippen LogP contribution is -2.48. The monoisotopic (exact) mass is 226 g/mol. The number of amides is 2. The summed E-state index contributed by atoms with van der Waals surface area (Å²) in [5, 5.41) is 8.95. The summed E-state index contributed by atoms with van der Waals surface area (Å²) in [7, 11) is 1.81. The first kappa shape index (κ1) is 11.2. The molecule has 16 heavy (non-hydrogen) atoms. The Kier molecular flexibility index (Phi) is 3.03. The van der Waals surface area contributed by atoms with Crippen molar-refractivity contribution in [1.29, 1.82) is 0 Å². The quantitative estimate of drug-likeness (QED) is 0.764. The fourth-order valence-corrected chi connectivity index (χ4v) is 2.19. The molecule has 1 N–H and O–H groups in total. The van der Waals surface area contributed by atoms with Crippen molar-refractivity contribution in [3.8, 4) is 0 Å². The Balaban J connectivity index is 1.92. The van der Waals surface area contributed by atoms with E-state index in [1.165, 1.54) is 0 Å². The summed E-state index contributed by atoms with van der Waals surface area (Å²) < 4.78 is 0. The summed E-state index contributed by atoms with van der Waals surface area (Å²) in [5.74, 6) is -1.17. The summed E-state index contributed by atoms with van der Waals surface area (Å²) >= 11 is 0. The number of hydrogen-bond donors (Lipinski definition) is 1. The number of carboxylic acid groups (broad SMARTS) is 1. The Morgan fingerprint density at radius 2 is 2.00 bits per heavy atom. The molecule has 0 unspecified atom stereocenters. The zero-order valence-corrected chi connectivity index (χ0v) is 9.56. The van der Waals surface area contributed by atoms with Gasteiger partial charge in [-0.2, -0.15) is 0 Å². The minimum absolute atomic E-state index is 0.00606. The lowest BCUT2D eigenvalue weighted by molar-refractivity contribution is -0.143. The Morgan fingerprint density at radius 3 is 2.56 bits per heavy atom. The van der Waals surface area contributed by atoms with Gasteiger partial charge in [-0.15, -0.1) is 0 Å². The van der Waals surface area contributed by atoms with Crippen LogP contribution in [0.1, 0.15) is 25.7 Å². The Hall–Kier alpha value is -1.26. The highest BCUT2D eigenvalue weighted by Gasteiger charge is 2.35. The molecule has 0 radical (unpaired) electrons. The molecule has 1 heterocycles. The first-order chi connectivity index (χ1) is 7.59. The SMILES string of the molecule is CN(C(=O)N1CCC[C@@H](C(=O)O)C1)C1CC1. The minimum atomic E-state index is -0.786. The van der Waals surface area contributed by atoms with Gasteiger partial charge in [0.1, 0.15) is 0 Å². The first-order valence-electron chi connectivity index (χ1n) is 5.84. The van der Waals surface area contributed by atoms with Crippen molar-refractivity contribution in [2.75, 3.05) is 20.1 Å². The van der Waals surface area contributed by atoms with Crippen molar-refractivity contribution in [3.05, 3.63) is 0 Å². The van der Waals surface area contributed by atoms with E-state index in [9.17, 15) is 9.59 Å². The van der Waals surface area contributed by atoms with E-state index in [2.05, 4.69) is 0 Å². The van der Waals surface area contributed by atoms with Crippen molar-refractivity contribution in [2.24, 2.45) is 5.92 Å².